The number of hydrogen-bond donors (Lipinski definition) is 2. The Morgan fingerprint density at radius 2 is 1.92 bits per heavy atom. The van der Waals surface area contributed by atoms with Gasteiger partial charge in [0.2, 0.25) is 5.91 Å². The van der Waals surface area contributed by atoms with Gasteiger partial charge in [0.05, 0.1) is 0 Å². The van der Waals surface area contributed by atoms with E-state index in [1.165, 1.54) is 0 Å². The zero-order chi connectivity index (χ0) is 10.1. The minimum absolute atomic E-state index is 0.279. The maximum Gasteiger partial charge on any atom is 0.218 e. The van der Waals surface area contributed by atoms with Crippen molar-refractivity contribution in [1.29, 1.82) is 0 Å². The molecule has 0 spiro atoms. The zero-order valence-corrected chi connectivity index (χ0v) is 7.87. The van der Waals surface area contributed by atoms with Crippen molar-refractivity contribution in [2.24, 2.45) is 5.73 Å². The number of benzene rings is 1. The summed E-state index contributed by atoms with van der Waals surface area (Å²) in [4.78, 5) is 9.74. The number of amides is 1. The Morgan fingerprint density at radius 1 is 1.38 bits per heavy atom. The van der Waals surface area contributed by atoms with Crippen LogP contribution in [0, 0.1) is 0 Å². The number of carbonyl (C=O) groups is 1. The van der Waals surface area contributed by atoms with Gasteiger partial charge in [0, 0.05) is 12.3 Å². The molecule has 0 fully saturated rings. The average molecular weight is 202 g/mol. The molecule has 0 aliphatic carbocycles. The van der Waals surface area contributed by atoms with Crippen LogP contribution in [0.2, 0.25) is 0 Å². The molecule has 0 atom stereocenters. The lowest BCUT2D eigenvalue weighted by Gasteiger charge is -1.82. The first-order valence-corrected chi connectivity index (χ1v) is 4.28. The molecular formula is C9H12ClNO2. The highest BCUT2D eigenvalue weighted by atomic mass is 35.5. The summed E-state index contributed by atoms with van der Waals surface area (Å²) in [5.41, 5.74) is 4.68. The van der Waals surface area contributed by atoms with Crippen molar-refractivity contribution in [2.45, 2.75) is 6.42 Å². The largest absolute Gasteiger partial charge is 0.508 e. The monoisotopic (exact) mass is 201 g/mol. The number of carbonyl (C=O) groups excluding carboxylic acids is 1. The number of nitrogens with two attached hydrogens (primary N) is 1. The van der Waals surface area contributed by atoms with Crippen molar-refractivity contribution in [1.82, 2.24) is 0 Å². The van der Waals surface area contributed by atoms with Gasteiger partial charge in [-0.3, -0.25) is 4.79 Å². The van der Waals surface area contributed by atoms with Gasteiger partial charge in [-0.25, -0.2) is 0 Å². The summed E-state index contributed by atoms with van der Waals surface area (Å²) in [5, 5.41) is 8.63. The molecule has 0 radical (unpaired) electrons. The van der Waals surface area contributed by atoms with Gasteiger partial charge in [-0.1, -0.05) is 18.2 Å². The summed E-state index contributed by atoms with van der Waals surface area (Å²) in [6, 6.07) is 8.71. The standard InChI is InChI=1S/C6H6O.C3H6ClNO/c7-6-4-2-1-3-5-6;4-2-1-3(5)6/h1-5,7H;1-2H2,(H2,5,6). The third kappa shape index (κ3) is 8.69. The van der Waals surface area contributed by atoms with Crippen molar-refractivity contribution in [3.8, 4) is 5.75 Å². The number of rotatable bonds is 2. The van der Waals surface area contributed by atoms with Crippen molar-refractivity contribution in [3.05, 3.63) is 30.3 Å². The highest BCUT2D eigenvalue weighted by Crippen LogP contribution is 2.02. The molecule has 3 N–H and O–H groups in total. The van der Waals surface area contributed by atoms with E-state index in [-0.39, 0.29) is 12.3 Å². The SMILES string of the molecule is NC(=O)CCCl.Oc1ccccc1. The van der Waals surface area contributed by atoms with E-state index in [0.717, 1.165) is 0 Å². The normalized spacial score (nSPS) is 8.38. The topological polar surface area (TPSA) is 63.3 Å². The van der Waals surface area contributed by atoms with Crippen LogP contribution in [0.25, 0.3) is 0 Å². The van der Waals surface area contributed by atoms with Crippen molar-refractivity contribution in [2.75, 3.05) is 5.88 Å². The molecule has 0 unspecified atom stereocenters. The van der Waals surface area contributed by atoms with Crippen LogP contribution in [0.1, 0.15) is 6.42 Å². The number of halogens is 1. The third-order valence-electron chi connectivity index (χ3n) is 1.10. The van der Waals surface area contributed by atoms with E-state index in [2.05, 4.69) is 5.73 Å². The highest BCUT2D eigenvalue weighted by Gasteiger charge is 1.86. The Labute approximate surface area is 82.1 Å². The number of aromatic hydroxyl groups is 1. The molecule has 1 rings (SSSR count). The Kier molecular flexibility index (Phi) is 6.73. The summed E-state index contributed by atoms with van der Waals surface area (Å²) in [7, 11) is 0. The number of para-hydroxylation sites is 1. The van der Waals surface area contributed by atoms with E-state index >= 15 is 0 Å². The quantitative estimate of drug-likeness (QED) is 0.713. The number of phenolic OH excluding ortho intramolecular Hbond substituents is 1. The number of alkyl halides is 1. The summed E-state index contributed by atoms with van der Waals surface area (Å²) in [5.74, 6) is 0.308. The van der Waals surface area contributed by atoms with Crippen LogP contribution in [-0.4, -0.2) is 16.9 Å². The second kappa shape index (κ2) is 7.43. The van der Waals surface area contributed by atoms with Gasteiger partial charge < -0.3 is 10.8 Å². The van der Waals surface area contributed by atoms with Crippen molar-refractivity contribution >= 4 is 17.5 Å². The summed E-state index contributed by atoms with van der Waals surface area (Å²) in [6.07, 6.45) is 0.279. The van der Waals surface area contributed by atoms with Gasteiger partial charge in [0.25, 0.3) is 0 Å². The average Bonchev–Trinajstić information content (AvgIpc) is 2.06. The van der Waals surface area contributed by atoms with Gasteiger partial charge >= 0.3 is 0 Å². The number of phenols is 1. The summed E-state index contributed by atoms with van der Waals surface area (Å²) in [6.45, 7) is 0. The fraction of sp³-hybridized carbons (Fsp3) is 0.222. The lowest BCUT2D eigenvalue weighted by atomic mass is 10.3. The molecule has 0 aliphatic rings. The molecule has 3 nitrogen and oxygen atoms in total. The predicted octanol–water partition coefficient (Wildman–Crippen LogP) is 1.49. The number of primary amides is 1. The molecule has 1 aromatic carbocycles. The fourth-order valence-electron chi connectivity index (χ4n) is 0.521. The second-order valence-corrected chi connectivity index (χ2v) is 2.62. The first-order chi connectivity index (χ1) is 6.16. The molecule has 4 heteroatoms. The van der Waals surface area contributed by atoms with Crippen molar-refractivity contribution in [3.63, 3.8) is 0 Å². The van der Waals surface area contributed by atoms with Crippen LogP contribution in [0.5, 0.6) is 5.75 Å². The van der Waals surface area contributed by atoms with Gasteiger partial charge in [-0.05, 0) is 12.1 Å². The van der Waals surface area contributed by atoms with E-state index in [1.54, 1.807) is 24.3 Å². The smallest absolute Gasteiger partial charge is 0.218 e. The molecule has 1 amide bonds. The fourth-order valence-corrected chi connectivity index (χ4v) is 0.707. The Hall–Kier alpha value is -1.22. The Bertz CT molecular complexity index is 239. The summed E-state index contributed by atoms with van der Waals surface area (Å²) >= 11 is 5.10. The first-order valence-electron chi connectivity index (χ1n) is 3.75. The minimum Gasteiger partial charge on any atom is -0.508 e. The Balaban J connectivity index is 0.000000226. The first kappa shape index (κ1) is 11.8. The molecule has 0 saturated heterocycles. The molecule has 0 heterocycles. The minimum atomic E-state index is -0.343. The van der Waals surface area contributed by atoms with E-state index in [4.69, 9.17) is 16.7 Å². The van der Waals surface area contributed by atoms with Crippen LogP contribution in [0.15, 0.2) is 30.3 Å². The van der Waals surface area contributed by atoms with Crippen LogP contribution >= 0.6 is 11.6 Å². The molecule has 0 aliphatic heterocycles. The molecule has 1 aromatic rings. The maximum atomic E-state index is 9.74. The highest BCUT2D eigenvalue weighted by molar-refractivity contribution is 6.18. The zero-order valence-electron chi connectivity index (χ0n) is 7.11. The van der Waals surface area contributed by atoms with Crippen molar-refractivity contribution < 1.29 is 9.90 Å². The molecule has 0 bridgehead atoms. The van der Waals surface area contributed by atoms with Gasteiger partial charge in [0.1, 0.15) is 5.75 Å². The molecule has 72 valence electrons. The van der Waals surface area contributed by atoms with E-state index in [1.807, 2.05) is 6.07 Å². The lowest BCUT2D eigenvalue weighted by Crippen LogP contribution is -2.09. The van der Waals surface area contributed by atoms with Gasteiger partial charge in [-0.2, -0.15) is 0 Å². The lowest BCUT2D eigenvalue weighted by molar-refractivity contribution is -0.117. The summed E-state index contributed by atoms with van der Waals surface area (Å²) < 4.78 is 0. The maximum absolute atomic E-state index is 9.74. The van der Waals surface area contributed by atoms with E-state index in [0.29, 0.717) is 11.6 Å². The molecule has 0 aromatic heterocycles. The second-order valence-electron chi connectivity index (χ2n) is 2.24. The van der Waals surface area contributed by atoms with Crippen LogP contribution in [-0.2, 0) is 4.79 Å². The molecule has 13 heavy (non-hydrogen) atoms. The molecule has 0 saturated carbocycles. The number of hydrogen-bond acceptors (Lipinski definition) is 2. The van der Waals surface area contributed by atoms with E-state index in [9.17, 15) is 4.79 Å². The van der Waals surface area contributed by atoms with E-state index < -0.39 is 0 Å². The third-order valence-corrected chi connectivity index (χ3v) is 1.29. The predicted molar refractivity (Wildman–Crippen MR) is 52.6 cm³/mol. The Morgan fingerprint density at radius 3 is 2.08 bits per heavy atom. The van der Waals surface area contributed by atoms with Crippen LogP contribution < -0.4 is 5.73 Å². The molecular weight excluding hydrogens is 190 g/mol. The van der Waals surface area contributed by atoms with Crippen LogP contribution in [0.3, 0.4) is 0 Å². The van der Waals surface area contributed by atoms with Gasteiger partial charge in [-0.15, -0.1) is 11.6 Å². The van der Waals surface area contributed by atoms with Crippen LogP contribution in [0.4, 0.5) is 0 Å². The van der Waals surface area contributed by atoms with Gasteiger partial charge in [0.15, 0.2) is 0 Å².